The lowest BCUT2D eigenvalue weighted by Gasteiger charge is -2.12. The smallest absolute Gasteiger partial charge is 0.261 e. The molecule has 7 nitrogen and oxygen atoms in total. The van der Waals surface area contributed by atoms with Crippen LogP contribution in [0.1, 0.15) is 11.5 Å². The third-order valence-corrected chi connectivity index (χ3v) is 5.67. The van der Waals surface area contributed by atoms with Gasteiger partial charge >= 0.3 is 0 Å². The SMILES string of the molecule is O=S(=O)(Nc1ccccc1Cc1nc(-c2ccco2)no1)c1ccc(F)c(Cl)c1. The zero-order valence-corrected chi connectivity index (χ0v) is 16.2. The highest BCUT2D eigenvalue weighted by atomic mass is 35.5. The molecule has 0 fully saturated rings. The van der Waals surface area contributed by atoms with Gasteiger partial charge in [-0.1, -0.05) is 35.0 Å². The summed E-state index contributed by atoms with van der Waals surface area (Å²) < 4.78 is 51.6. The van der Waals surface area contributed by atoms with Crippen molar-refractivity contribution in [1.82, 2.24) is 10.1 Å². The average molecular weight is 434 g/mol. The average Bonchev–Trinajstić information content (AvgIpc) is 3.37. The summed E-state index contributed by atoms with van der Waals surface area (Å²) in [5.41, 5.74) is 0.935. The van der Waals surface area contributed by atoms with Crippen molar-refractivity contribution in [1.29, 1.82) is 0 Å². The predicted molar refractivity (Wildman–Crippen MR) is 103 cm³/mol. The van der Waals surface area contributed by atoms with E-state index in [-0.39, 0.29) is 22.2 Å². The molecule has 2 aromatic heterocycles. The number of hydrogen-bond donors (Lipinski definition) is 1. The van der Waals surface area contributed by atoms with Gasteiger partial charge in [-0.25, -0.2) is 12.8 Å². The highest BCUT2D eigenvalue weighted by Crippen LogP contribution is 2.25. The summed E-state index contributed by atoms with van der Waals surface area (Å²) in [6.45, 7) is 0. The van der Waals surface area contributed by atoms with E-state index in [2.05, 4.69) is 14.9 Å². The van der Waals surface area contributed by atoms with Gasteiger partial charge in [-0.05, 0) is 42.0 Å². The molecule has 1 N–H and O–H groups in total. The summed E-state index contributed by atoms with van der Waals surface area (Å²) in [6.07, 6.45) is 1.69. The Morgan fingerprint density at radius 2 is 1.93 bits per heavy atom. The Bertz CT molecular complexity index is 1260. The number of nitrogens with zero attached hydrogens (tertiary/aromatic N) is 2. The first-order valence-electron chi connectivity index (χ1n) is 8.34. The molecule has 2 heterocycles. The van der Waals surface area contributed by atoms with Crippen LogP contribution in [-0.2, 0) is 16.4 Å². The molecule has 0 saturated carbocycles. The summed E-state index contributed by atoms with van der Waals surface area (Å²) in [5, 5.41) is 3.58. The maximum Gasteiger partial charge on any atom is 0.261 e. The standard InChI is InChI=1S/C19H13ClFN3O4S/c20-14-11-13(7-8-15(14)21)29(25,26)24-16-5-2-1-4-12(16)10-18-22-19(23-28-18)17-6-3-9-27-17/h1-9,11,24H,10H2. The fraction of sp³-hybridized carbons (Fsp3) is 0.0526. The zero-order valence-electron chi connectivity index (χ0n) is 14.7. The van der Waals surface area contributed by atoms with Crippen LogP contribution in [0.3, 0.4) is 0 Å². The molecule has 0 atom stereocenters. The molecule has 0 saturated heterocycles. The van der Waals surface area contributed by atoms with E-state index in [0.29, 0.717) is 22.8 Å². The summed E-state index contributed by atoms with van der Waals surface area (Å²) in [6, 6.07) is 13.4. The van der Waals surface area contributed by atoms with E-state index in [0.717, 1.165) is 18.2 Å². The number of aromatic nitrogens is 2. The molecule has 4 aromatic rings. The number of sulfonamides is 1. The predicted octanol–water partition coefficient (Wildman–Crippen LogP) is 4.51. The topological polar surface area (TPSA) is 98.2 Å². The van der Waals surface area contributed by atoms with Gasteiger partial charge in [0, 0.05) is 0 Å². The first-order chi connectivity index (χ1) is 13.9. The number of nitrogens with one attached hydrogen (secondary N) is 1. The largest absolute Gasteiger partial charge is 0.461 e. The molecule has 0 aliphatic heterocycles. The number of furan rings is 1. The summed E-state index contributed by atoms with van der Waals surface area (Å²) in [4.78, 5) is 4.10. The molecule has 0 spiro atoms. The van der Waals surface area contributed by atoms with E-state index in [9.17, 15) is 12.8 Å². The second kappa shape index (κ2) is 7.69. The summed E-state index contributed by atoms with van der Waals surface area (Å²) in [5.74, 6) is 0.342. The lowest BCUT2D eigenvalue weighted by atomic mass is 10.1. The van der Waals surface area contributed by atoms with Crippen molar-refractivity contribution < 1.29 is 21.7 Å². The van der Waals surface area contributed by atoms with Crippen LogP contribution in [0.2, 0.25) is 5.02 Å². The Morgan fingerprint density at radius 3 is 2.69 bits per heavy atom. The molecule has 0 unspecified atom stereocenters. The van der Waals surface area contributed by atoms with Crippen molar-refractivity contribution in [3.63, 3.8) is 0 Å². The molecular weight excluding hydrogens is 421 g/mol. The molecule has 0 bridgehead atoms. The van der Waals surface area contributed by atoms with Crippen molar-refractivity contribution in [3.8, 4) is 11.6 Å². The number of benzene rings is 2. The lowest BCUT2D eigenvalue weighted by molar-refractivity contribution is 0.384. The zero-order chi connectivity index (χ0) is 20.4. The van der Waals surface area contributed by atoms with Gasteiger partial charge in [0.25, 0.3) is 10.0 Å². The van der Waals surface area contributed by atoms with Gasteiger partial charge in [0.2, 0.25) is 11.7 Å². The molecule has 0 radical (unpaired) electrons. The van der Waals surface area contributed by atoms with Crippen LogP contribution in [0.15, 0.2) is 74.7 Å². The van der Waals surface area contributed by atoms with Gasteiger partial charge in [0.15, 0.2) is 5.76 Å². The van der Waals surface area contributed by atoms with Gasteiger partial charge in [-0.2, -0.15) is 4.98 Å². The Hall–Kier alpha value is -3.17. The molecule has 0 aliphatic rings. The van der Waals surface area contributed by atoms with Crippen molar-refractivity contribution in [2.75, 3.05) is 4.72 Å². The number of hydrogen-bond acceptors (Lipinski definition) is 6. The maximum absolute atomic E-state index is 13.3. The second-order valence-electron chi connectivity index (χ2n) is 6.00. The molecule has 0 amide bonds. The fourth-order valence-corrected chi connectivity index (χ4v) is 3.99. The molecule has 0 aliphatic carbocycles. The van der Waals surface area contributed by atoms with E-state index in [4.69, 9.17) is 20.5 Å². The normalized spacial score (nSPS) is 11.5. The van der Waals surface area contributed by atoms with E-state index in [1.807, 2.05) is 0 Å². The third-order valence-electron chi connectivity index (χ3n) is 4.01. The van der Waals surface area contributed by atoms with Crippen LogP contribution in [0.4, 0.5) is 10.1 Å². The number of para-hydroxylation sites is 1. The van der Waals surface area contributed by atoms with Crippen LogP contribution in [-0.4, -0.2) is 18.6 Å². The minimum Gasteiger partial charge on any atom is -0.461 e. The number of halogens is 2. The second-order valence-corrected chi connectivity index (χ2v) is 8.09. The van der Waals surface area contributed by atoms with E-state index in [1.54, 1.807) is 36.4 Å². The van der Waals surface area contributed by atoms with E-state index in [1.165, 1.54) is 6.26 Å². The first-order valence-corrected chi connectivity index (χ1v) is 10.2. The molecule has 4 rings (SSSR count). The van der Waals surface area contributed by atoms with E-state index < -0.39 is 15.8 Å². The van der Waals surface area contributed by atoms with Crippen molar-refractivity contribution >= 4 is 27.3 Å². The van der Waals surface area contributed by atoms with Crippen LogP contribution >= 0.6 is 11.6 Å². The fourth-order valence-electron chi connectivity index (χ4n) is 2.62. The van der Waals surface area contributed by atoms with Gasteiger partial charge in [-0.3, -0.25) is 4.72 Å². The van der Waals surface area contributed by atoms with Crippen molar-refractivity contribution in [2.24, 2.45) is 0 Å². The summed E-state index contributed by atoms with van der Waals surface area (Å²) in [7, 11) is -3.98. The highest BCUT2D eigenvalue weighted by molar-refractivity contribution is 7.92. The third kappa shape index (κ3) is 4.15. The molecule has 29 heavy (non-hydrogen) atoms. The minimum absolute atomic E-state index is 0.156. The minimum atomic E-state index is -3.98. The van der Waals surface area contributed by atoms with Gasteiger partial charge in [0.1, 0.15) is 5.82 Å². The molecular formula is C19H13ClFN3O4S. The van der Waals surface area contributed by atoms with Gasteiger partial charge < -0.3 is 8.94 Å². The Kier molecular flexibility index (Phi) is 5.08. The Labute approximate surface area is 170 Å². The lowest BCUT2D eigenvalue weighted by Crippen LogP contribution is -2.14. The van der Waals surface area contributed by atoms with Crippen LogP contribution in [0, 0.1) is 5.82 Å². The van der Waals surface area contributed by atoms with Crippen LogP contribution in [0.25, 0.3) is 11.6 Å². The Morgan fingerprint density at radius 1 is 1.10 bits per heavy atom. The van der Waals surface area contributed by atoms with Crippen molar-refractivity contribution in [2.45, 2.75) is 11.3 Å². The van der Waals surface area contributed by atoms with Gasteiger partial charge in [-0.15, -0.1) is 0 Å². The molecule has 148 valence electrons. The number of rotatable bonds is 6. The molecule has 10 heteroatoms. The van der Waals surface area contributed by atoms with Crippen LogP contribution < -0.4 is 4.72 Å². The molecule has 2 aromatic carbocycles. The van der Waals surface area contributed by atoms with Crippen LogP contribution in [0.5, 0.6) is 0 Å². The highest BCUT2D eigenvalue weighted by Gasteiger charge is 2.19. The monoisotopic (exact) mass is 433 g/mol. The first kappa shape index (κ1) is 19.2. The van der Waals surface area contributed by atoms with Gasteiger partial charge in [0.05, 0.1) is 28.3 Å². The Balaban J connectivity index is 1.59. The van der Waals surface area contributed by atoms with E-state index >= 15 is 0 Å². The maximum atomic E-state index is 13.3. The van der Waals surface area contributed by atoms with Crippen molar-refractivity contribution in [3.05, 3.63) is 83.2 Å². The summed E-state index contributed by atoms with van der Waals surface area (Å²) >= 11 is 5.70. The number of anilines is 1. The quantitative estimate of drug-likeness (QED) is 0.480.